The van der Waals surface area contributed by atoms with Crippen LogP contribution in [0.5, 0.6) is 0 Å². The SMILES string of the molecule is CC(C)OCCN1CCC(NC(=O)C(C)N)CC1.Cl. The largest absolute Gasteiger partial charge is 0.377 e. The highest BCUT2D eigenvalue weighted by molar-refractivity contribution is 5.85. The highest BCUT2D eigenvalue weighted by Gasteiger charge is 2.21. The van der Waals surface area contributed by atoms with E-state index in [2.05, 4.69) is 24.1 Å². The number of nitrogens with one attached hydrogen (secondary N) is 1. The van der Waals surface area contributed by atoms with Crippen molar-refractivity contribution in [3.05, 3.63) is 0 Å². The summed E-state index contributed by atoms with van der Waals surface area (Å²) in [6, 6.07) is -0.131. The number of halogens is 1. The maximum absolute atomic E-state index is 11.5. The Kier molecular flexibility index (Phi) is 9.35. The van der Waals surface area contributed by atoms with Crippen molar-refractivity contribution in [3.63, 3.8) is 0 Å². The number of carbonyl (C=O) groups is 1. The van der Waals surface area contributed by atoms with Crippen molar-refractivity contribution in [1.29, 1.82) is 0 Å². The van der Waals surface area contributed by atoms with Crippen molar-refractivity contribution in [1.82, 2.24) is 10.2 Å². The molecule has 1 rings (SSSR count). The molecule has 1 amide bonds. The van der Waals surface area contributed by atoms with Crippen LogP contribution < -0.4 is 11.1 Å². The number of hydrogen-bond donors (Lipinski definition) is 2. The van der Waals surface area contributed by atoms with Crippen LogP contribution in [0.2, 0.25) is 0 Å². The third-order valence-corrected chi connectivity index (χ3v) is 3.21. The molecule has 1 aliphatic rings. The third kappa shape index (κ3) is 7.72. The van der Waals surface area contributed by atoms with Crippen molar-refractivity contribution in [2.45, 2.75) is 51.8 Å². The Morgan fingerprint density at radius 3 is 2.42 bits per heavy atom. The average Bonchev–Trinajstić information content (AvgIpc) is 2.30. The van der Waals surface area contributed by atoms with Crippen molar-refractivity contribution in [2.75, 3.05) is 26.2 Å². The smallest absolute Gasteiger partial charge is 0.236 e. The van der Waals surface area contributed by atoms with Gasteiger partial charge in [0.05, 0.1) is 18.8 Å². The number of hydrogen-bond acceptors (Lipinski definition) is 4. The fourth-order valence-corrected chi connectivity index (χ4v) is 2.05. The van der Waals surface area contributed by atoms with Crippen LogP contribution >= 0.6 is 12.4 Å². The van der Waals surface area contributed by atoms with Crippen LogP contribution in [0.1, 0.15) is 33.6 Å². The Morgan fingerprint density at radius 1 is 1.37 bits per heavy atom. The van der Waals surface area contributed by atoms with Gasteiger partial charge in [0.1, 0.15) is 0 Å². The molecule has 1 fully saturated rings. The molecule has 0 spiro atoms. The van der Waals surface area contributed by atoms with E-state index in [1.54, 1.807) is 6.92 Å². The van der Waals surface area contributed by atoms with Gasteiger partial charge in [-0.3, -0.25) is 4.79 Å². The van der Waals surface area contributed by atoms with Crippen LogP contribution in [0.4, 0.5) is 0 Å². The van der Waals surface area contributed by atoms with Crippen molar-refractivity contribution < 1.29 is 9.53 Å². The summed E-state index contributed by atoms with van der Waals surface area (Å²) in [5, 5.41) is 2.99. The van der Waals surface area contributed by atoms with Gasteiger partial charge >= 0.3 is 0 Å². The summed E-state index contributed by atoms with van der Waals surface area (Å²) in [4.78, 5) is 13.9. The first-order chi connectivity index (χ1) is 8.49. The molecule has 3 N–H and O–H groups in total. The molecule has 0 aromatic rings. The Morgan fingerprint density at radius 2 is 1.95 bits per heavy atom. The molecule has 1 aliphatic heterocycles. The molecule has 0 aromatic heterocycles. The lowest BCUT2D eigenvalue weighted by Gasteiger charge is -2.32. The van der Waals surface area contributed by atoms with Gasteiger partial charge in [0.25, 0.3) is 0 Å². The van der Waals surface area contributed by atoms with Gasteiger partial charge < -0.3 is 20.7 Å². The molecule has 1 heterocycles. The molecule has 114 valence electrons. The molecule has 0 aliphatic carbocycles. The standard InChI is InChI=1S/C13H27N3O2.ClH/c1-10(2)18-9-8-16-6-4-12(5-7-16)15-13(17)11(3)14;/h10-12H,4-9,14H2,1-3H3,(H,15,17);1H. The molecule has 19 heavy (non-hydrogen) atoms. The number of likely N-dealkylation sites (tertiary alicyclic amines) is 1. The summed E-state index contributed by atoms with van der Waals surface area (Å²) in [6.45, 7) is 9.62. The molecule has 5 nitrogen and oxygen atoms in total. The molecule has 0 saturated carbocycles. The van der Waals surface area contributed by atoms with Gasteiger partial charge in [-0.15, -0.1) is 12.4 Å². The number of nitrogens with two attached hydrogens (primary N) is 1. The fourth-order valence-electron chi connectivity index (χ4n) is 2.05. The van der Waals surface area contributed by atoms with Crippen molar-refractivity contribution in [3.8, 4) is 0 Å². The van der Waals surface area contributed by atoms with Crippen molar-refractivity contribution >= 4 is 18.3 Å². The number of nitrogens with zero attached hydrogens (tertiary/aromatic N) is 1. The topological polar surface area (TPSA) is 67.6 Å². The summed E-state index contributed by atoms with van der Waals surface area (Å²) in [5.41, 5.74) is 5.54. The van der Waals surface area contributed by atoms with E-state index in [0.29, 0.717) is 6.10 Å². The Labute approximate surface area is 122 Å². The number of piperidine rings is 1. The van der Waals surface area contributed by atoms with Gasteiger partial charge in [-0.1, -0.05) is 0 Å². The molecular weight excluding hydrogens is 266 g/mol. The monoisotopic (exact) mass is 293 g/mol. The number of ether oxygens (including phenoxy) is 1. The minimum Gasteiger partial charge on any atom is -0.377 e. The predicted molar refractivity (Wildman–Crippen MR) is 79.6 cm³/mol. The molecule has 1 atom stereocenters. The molecule has 1 saturated heterocycles. The van der Waals surface area contributed by atoms with Gasteiger partial charge in [0.15, 0.2) is 0 Å². The van der Waals surface area contributed by atoms with E-state index in [-0.39, 0.29) is 24.4 Å². The minimum atomic E-state index is -0.414. The molecular formula is C13H28ClN3O2. The van der Waals surface area contributed by atoms with E-state index >= 15 is 0 Å². The number of amides is 1. The third-order valence-electron chi connectivity index (χ3n) is 3.21. The molecule has 0 bridgehead atoms. The van der Waals surface area contributed by atoms with E-state index in [9.17, 15) is 4.79 Å². The second-order valence-corrected chi connectivity index (χ2v) is 5.33. The zero-order chi connectivity index (χ0) is 13.5. The van der Waals surface area contributed by atoms with Crippen LogP contribution in [0.15, 0.2) is 0 Å². The lowest BCUT2D eigenvalue weighted by molar-refractivity contribution is -0.123. The first-order valence-electron chi connectivity index (χ1n) is 6.89. The van der Waals surface area contributed by atoms with E-state index in [0.717, 1.165) is 39.1 Å². The van der Waals surface area contributed by atoms with Crippen LogP contribution in [0.3, 0.4) is 0 Å². The normalized spacial score (nSPS) is 19.0. The quantitative estimate of drug-likeness (QED) is 0.759. The van der Waals surface area contributed by atoms with E-state index in [1.807, 2.05) is 0 Å². The van der Waals surface area contributed by atoms with Crippen LogP contribution in [-0.2, 0) is 9.53 Å². The van der Waals surface area contributed by atoms with Gasteiger partial charge in [0, 0.05) is 25.7 Å². The van der Waals surface area contributed by atoms with E-state index in [1.165, 1.54) is 0 Å². The molecule has 0 radical (unpaired) electrons. The van der Waals surface area contributed by atoms with Gasteiger partial charge in [-0.2, -0.15) is 0 Å². The van der Waals surface area contributed by atoms with Gasteiger partial charge in [-0.05, 0) is 33.6 Å². The molecule has 1 unspecified atom stereocenters. The molecule has 6 heteroatoms. The van der Waals surface area contributed by atoms with Crippen LogP contribution in [0.25, 0.3) is 0 Å². The fraction of sp³-hybridized carbons (Fsp3) is 0.923. The maximum atomic E-state index is 11.5. The van der Waals surface area contributed by atoms with Crippen LogP contribution in [0, 0.1) is 0 Å². The molecule has 0 aromatic carbocycles. The van der Waals surface area contributed by atoms with Crippen molar-refractivity contribution in [2.24, 2.45) is 5.73 Å². The first kappa shape index (κ1) is 18.6. The van der Waals surface area contributed by atoms with E-state index in [4.69, 9.17) is 10.5 Å². The maximum Gasteiger partial charge on any atom is 0.236 e. The summed E-state index contributed by atoms with van der Waals surface area (Å²) in [5.74, 6) is -0.0448. The second-order valence-electron chi connectivity index (χ2n) is 5.33. The summed E-state index contributed by atoms with van der Waals surface area (Å²) in [7, 11) is 0. The van der Waals surface area contributed by atoms with E-state index < -0.39 is 6.04 Å². The Bertz CT molecular complexity index is 254. The summed E-state index contributed by atoms with van der Waals surface area (Å²) in [6.07, 6.45) is 2.30. The number of rotatable bonds is 6. The predicted octanol–water partition coefficient (Wildman–Crippen LogP) is 0.761. The number of carbonyl (C=O) groups excluding carboxylic acids is 1. The summed E-state index contributed by atoms with van der Waals surface area (Å²) >= 11 is 0. The lowest BCUT2D eigenvalue weighted by atomic mass is 10.0. The summed E-state index contributed by atoms with van der Waals surface area (Å²) < 4.78 is 5.54. The highest BCUT2D eigenvalue weighted by Crippen LogP contribution is 2.10. The van der Waals surface area contributed by atoms with Gasteiger partial charge in [-0.25, -0.2) is 0 Å². The zero-order valence-electron chi connectivity index (χ0n) is 12.2. The lowest BCUT2D eigenvalue weighted by Crippen LogP contribution is -2.49. The minimum absolute atomic E-state index is 0. The second kappa shape index (κ2) is 9.53. The van der Waals surface area contributed by atoms with Crippen LogP contribution in [-0.4, -0.2) is 55.2 Å². The average molecular weight is 294 g/mol. The highest BCUT2D eigenvalue weighted by atomic mass is 35.5. The Hall–Kier alpha value is -0.360. The van der Waals surface area contributed by atoms with Gasteiger partial charge in [0.2, 0.25) is 5.91 Å². The first-order valence-corrected chi connectivity index (χ1v) is 6.89. The zero-order valence-corrected chi connectivity index (χ0v) is 13.0. The Balaban J connectivity index is 0.00000324.